The van der Waals surface area contributed by atoms with Gasteiger partial charge in [0.15, 0.2) is 5.12 Å². The Balaban J connectivity index is 1.93. The average Bonchev–Trinajstić information content (AvgIpc) is 2.81. The van der Waals surface area contributed by atoms with Crippen LogP contribution in [0.3, 0.4) is 0 Å². The maximum Gasteiger partial charge on any atom is 0.307 e. The first kappa shape index (κ1) is 28.3. The molecule has 1 amide bonds. The van der Waals surface area contributed by atoms with E-state index in [1.165, 1.54) is 12.3 Å². The first-order valence-corrected chi connectivity index (χ1v) is 13.3. The molecule has 0 saturated heterocycles. The van der Waals surface area contributed by atoms with E-state index >= 15 is 0 Å². The molecule has 2 aromatic carbocycles. The molecule has 0 fully saturated rings. The fourth-order valence-electron chi connectivity index (χ4n) is 3.12. The third-order valence-corrected chi connectivity index (χ3v) is 7.65. The Bertz CT molecular complexity index is 1190. The number of nitrogens with one attached hydrogen (secondary N) is 2. The first-order chi connectivity index (χ1) is 16.6. The van der Waals surface area contributed by atoms with Crippen LogP contribution in [0.15, 0.2) is 52.4 Å². The second-order valence-electron chi connectivity index (χ2n) is 8.11. The van der Waals surface area contributed by atoms with Crippen molar-refractivity contribution in [2.45, 2.75) is 31.6 Å². The van der Waals surface area contributed by atoms with Gasteiger partial charge in [0.25, 0.3) is 0 Å². The van der Waals surface area contributed by atoms with Crippen molar-refractivity contribution in [3.8, 4) is 0 Å². The van der Waals surface area contributed by atoms with E-state index in [0.29, 0.717) is 16.7 Å². The maximum atomic E-state index is 12.9. The van der Waals surface area contributed by atoms with Gasteiger partial charge in [0.1, 0.15) is 0 Å². The predicted molar refractivity (Wildman–Crippen MR) is 138 cm³/mol. The van der Waals surface area contributed by atoms with E-state index in [1.54, 1.807) is 32.0 Å². The minimum absolute atomic E-state index is 0.00698. The second-order valence-corrected chi connectivity index (χ2v) is 11.0. The fraction of sp³-hybridized carbons (Fsp3) is 0.375. The van der Waals surface area contributed by atoms with Crippen LogP contribution >= 0.6 is 11.8 Å². The minimum atomic E-state index is -3.86. The molecule has 2 rings (SSSR count). The van der Waals surface area contributed by atoms with Gasteiger partial charge in [0, 0.05) is 60.5 Å². The van der Waals surface area contributed by atoms with Gasteiger partial charge in [-0.1, -0.05) is 49.9 Å². The van der Waals surface area contributed by atoms with Crippen molar-refractivity contribution >= 4 is 55.7 Å². The van der Waals surface area contributed by atoms with Crippen molar-refractivity contribution < 1.29 is 27.5 Å². The highest BCUT2D eigenvalue weighted by atomic mass is 32.2. The van der Waals surface area contributed by atoms with Crippen molar-refractivity contribution in [3.05, 3.63) is 47.5 Å². The Morgan fingerprint density at radius 2 is 1.77 bits per heavy atom. The van der Waals surface area contributed by atoms with Gasteiger partial charge in [-0.3, -0.25) is 14.4 Å². The predicted octanol–water partition coefficient (Wildman–Crippen LogP) is 3.01. The number of hydrogen-bond donors (Lipinski definition) is 2. The first-order valence-electron chi connectivity index (χ1n) is 11.0. The number of amides is 1. The molecule has 0 unspecified atom stereocenters. The number of carbonyl (C=O) groups is 3. The maximum absolute atomic E-state index is 12.9. The molecule has 11 heteroatoms. The number of benzene rings is 2. The highest BCUT2D eigenvalue weighted by molar-refractivity contribution is 8.16. The molecule has 0 saturated carbocycles. The number of nitrogens with zero attached hydrogens (tertiary/aromatic N) is 1. The zero-order chi connectivity index (χ0) is 26.0. The van der Waals surface area contributed by atoms with Crippen LogP contribution in [0.1, 0.15) is 26.7 Å². The molecule has 0 spiro atoms. The summed E-state index contributed by atoms with van der Waals surface area (Å²) >= 11 is 0.982. The third kappa shape index (κ3) is 8.37. The molecule has 0 aliphatic heterocycles. The fourth-order valence-corrected chi connectivity index (χ4v) is 5.18. The molecule has 0 bridgehead atoms. The number of thioether (sulfide) groups is 1. The summed E-state index contributed by atoms with van der Waals surface area (Å²) in [4.78, 5) is 37.2. The van der Waals surface area contributed by atoms with Crippen LogP contribution in [0, 0.1) is 5.92 Å². The molecule has 35 heavy (non-hydrogen) atoms. The quantitative estimate of drug-likeness (QED) is 0.305. The van der Waals surface area contributed by atoms with Gasteiger partial charge in [-0.2, -0.15) is 0 Å². The van der Waals surface area contributed by atoms with E-state index in [0.717, 1.165) is 22.8 Å². The van der Waals surface area contributed by atoms with Crippen LogP contribution in [-0.4, -0.2) is 53.2 Å². The summed E-state index contributed by atoms with van der Waals surface area (Å²) in [7, 11) is -0.0842. The Kier molecular flexibility index (Phi) is 10.7. The summed E-state index contributed by atoms with van der Waals surface area (Å²) in [5.41, 5.74) is 0.896. The van der Waals surface area contributed by atoms with Gasteiger partial charge in [-0.25, -0.2) is 13.1 Å². The lowest BCUT2D eigenvalue weighted by atomic mass is 10.1. The van der Waals surface area contributed by atoms with Crippen molar-refractivity contribution in [1.82, 2.24) is 10.0 Å². The van der Waals surface area contributed by atoms with E-state index in [2.05, 4.69) is 10.0 Å². The lowest BCUT2D eigenvalue weighted by Crippen LogP contribution is -2.27. The van der Waals surface area contributed by atoms with Crippen molar-refractivity contribution in [2.24, 2.45) is 5.92 Å². The van der Waals surface area contributed by atoms with Crippen LogP contribution in [0.2, 0.25) is 0 Å². The van der Waals surface area contributed by atoms with Crippen LogP contribution in [0.4, 0.5) is 5.69 Å². The second kappa shape index (κ2) is 13.3. The van der Waals surface area contributed by atoms with Crippen molar-refractivity contribution in [3.63, 3.8) is 0 Å². The molecule has 0 aliphatic carbocycles. The average molecular weight is 522 g/mol. The summed E-state index contributed by atoms with van der Waals surface area (Å²) in [5, 5.41) is 3.71. The Labute approximate surface area is 210 Å². The summed E-state index contributed by atoms with van der Waals surface area (Å²) in [5.74, 6) is -0.769. The van der Waals surface area contributed by atoms with E-state index in [1.807, 2.05) is 31.1 Å². The molecule has 0 aromatic heterocycles. The number of rotatable bonds is 13. The van der Waals surface area contributed by atoms with E-state index in [4.69, 9.17) is 4.74 Å². The molecular weight excluding hydrogens is 490 g/mol. The normalized spacial score (nSPS) is 12.0. The smallest absolute Gasteiger partial charge is 0.307 e. The van der Waals surface area contributed by atoms with Gasteiger partial charge in [0.05, 0.1) is 17.9 Å². The summed E-state index contributed by atoms with van der Waals surface area (Å²) in [6.07, 6.45) is 1.96. The topological polar surface area (TPSA) is 122 Å². The number of sulfonamides is 1. The van der Waals surface area contributed by atoms with Crippen molar-refractivity contribution in [2.75, 3.05) is 32.1 Å². The lowest BCUT2D eigenvalue weighted by Gasteiger charge is -2.17. The monoisotopic (exact) mass is 521 g/mol. The molecule has 9 nitrogen and oxygen atoms in total. The van der Waals surface area contributed by atoms with E-state index in [9.17, 15) is 22.8 Å². The van der Waals surface area contributed by atoms with Gasteiger partial charge in [0.2, 0.25) is 16.4 Å². The van der Waals surface area contributed by atoms with E-state index < -0.39 is 16.0 Å². The molecule has 2 N–H and O–H groups in total. The van der Waals surface area contributed by atoms with Gasteiger partial charge >= 0.3 is 5.97 Å². The molecule has 0 aliphatic rings. The Morgan fingerprint density at radius 1 is 1.09 bits per heavy atom. The number of hydrogen-bond acceptors (Lipinski definition) is 8. The van der Waals surface area contributed by atoms with Crippen LogP contribution in [0.5, 0.6) is 0 Å². The standard InChI is InChI=1S/C24H31N3O6S2/c1-17(2)24(30)34-18(15-25-16-28)12-14-33-23(29)11-13-26-35(31,32)22-10-6-7-19-20(22)8-5-9-21(19)27(3)4/h5-10,15-17,26H,11-14H2,1-4H3,(H,25,28). The largest absolute Gasteiger partial charge is 0.465 e. The van der Waals surface area contributed by atoms with Gasteiger partial charge < -0.3 is 15.0 Å². The molecule has 0 radical (unpaired) electrons. The SMILES string of the molecule is CC(C)C(=O)SC(=CNC=O)CCOC(=O)CCNS(=O)(=O)c1cccc2c(N(C)C)cccc12. The highest BCUT2D eigenvalue weighted by Crippen LogP contribution is 2.30. The molecule has 2 aromatic rings. The summed E-state index contributed by atoms with van der Waals surface area (Å²) in [6, 6.07) is 10.5. The molecule has 0 atom stereocenters. The minimum Gasteiger partial charge on any atom is -0.465 e. The molecule has 0 heterocycles. The van der Waals surface area contributed by atoms with Crippen molar-refractivity contribution in [1.29, 1.82) is 0 Å². The van der Waals surface area contributed by atoms with Crippen LogP contribution in [0.25, 0.3) is 10.8 Å². The number of esters is 1. The lowest BCUT2D eigenvalue weighted by molar-refractivity contribution is -0.143. The highest BCUT2D eigenvalue weighted by Gasteiger charge is 2.19. The number of fused-ring (bicyclic) bond motifs is 1. The number of anilines is 1. The summed E-state index contributed by atoms with van der Waals surface area (Å²) < 4.78 is 33.5. The van der Waals surface area contributed by atoms with E-state index in [-0.39, 0.29) is 41.9 Å². The Hall–Kier alpha value is -2.89. The Morgan fingerprint density at radius 3 is 2.43 bits per heavy atom. The van der Waals surface area contributed by atoms with Crippen LogP contribution in [-0.2, 0) is 29.1 Å². The number of ether oxygens (including phenoxy) is 1. The third-order valence-electron chi connectivity index (χ3n) is 4.88. The summed E-state index contributed by atoms with van der Waals surface area (Å²) in [6.45, 7) is 3.40. The van der Waals surface area contributed by atoms with Gasteiger partial charge in [-0.15, -0.1) is 0 Å². The van der Waals surface area contributed by atoms with Gasteiger partial charge in [-0.05, 0) is 12.1 Å². The zero-order valence-electron chi connectivity index (χ0n) is 20.2. The molecule has 190 valence electrons. The van der Waals surface area contributed by atoms with Crippen LogP contribution < -0.4 is 14.9 Å². The number of carbonyl (C=O) groups excluding carboxylic acids is 3. The molecular formula is C24H31N3O6S2. The zero-order valence-corrected chi connectivity index (χ0v) is 21.9.